The van der Waals surface area contributed by atoms with Crippen molar-refractivity contribution in [3.8, 4) is 0 Å². The Morgan fingerprint density at radius 1 is 1.39 bits per heavy atom. The van der Waals surface area contributed by atoms with Crippen LogP contribution >= 0.6 is 0 Å². The Bertz CT molecular complexity index is 468. The van der Waals surface area contributed by atoms with Gasteiger partial charge in [-0.15, -0.1) is 0 Å². The third-order valence-corrected chi connectivity index (χ3v) is 2.87. The predicted molar refractivity (Wildman–Crippen MR) is 70.4 cm³/mol. The summed E-state index contributed by atoms with van der Waals surface area (Å²) in [4.78, 5) is 17.4. The van der Waals surface area contributed by atoms with Crippen molar-refractivity contribution in [2.45, 2.75) is 38.8 Å². The molecule has 0 fully saturated rings. The van der Waals surface area contributed by atoms with Gasteiger partial charge >= 0.3 is 0 Å². The summed E-state index contributed by atoms with van der Waals surface area (Å²) in [7, 11) is 0. The molecule has 0 aliphatic carbocycles. The van der Waals surface area contributed by atoms with Gasteiger partial charge in [0.1, 0.15) is 0 Å². The van der Waals surface area contributed by atoms with Gasteiger partial charge in [0.2, 0.25) is 5.60 Å². The van der Waals surface area contributed by atoms with Crippen LogP contribution in [0.1, 0.15) is 32.8 Å². The summed E-state index contributed by atoms with van der Waals surface area (Å²) >= 11 is 0. The van der Waals surface area contributed by atoms with Crippen LogP contribution in [0.2, 0.25) is 0 Å². The standard InChI is InChI=1S/C14H18N2O2/c1-10(2)15-13(17)14(3)9-12(16-18-14)11-7-5-4-6-8-11/h4-8,10H,9H2,1-3H3,(H,15,17). The van der Waals surface area contributed by atoms with Crippen LogP contribution in [0.25, 0.3) is 0 Å². The van der Waals surface area contributed by atoms with Gasteiger partial charge in [-0.3, -0.25) is 4.79 Å². The first-order valence-electron chi connectivity index (χ1n) is 6.13. The Morgan fingerprint density at radius 3 is 2.67 bits per heavy atom. The van der Waals surface area contributed by atoms with Crippen LogP contribution < -0.4 is 5.32 Å². The number of hydrogen-bond donors (Lipinski definition) is 1. The van der Waals surface area contributed by atoms with Crippen LogP contribution in [0, 0.1) is 0 Å². The molecule has 1 N–H and O–H groups in total. The SMILES string of the molecule is CC(C)NC(=O)C1(C)CC(c2ccccc2)=NO1. The fourth-order valence-corrected chi connectivity index (χ4v) is 1.86. The second-order valence-corrected chi connectivity index (χ2v) is 5.03. The van der Waals surface area contributed by atoms with E-state index >= 15 is 0 Å². The van der Waals surface area contributed by atoms with E-state index in [4.69, 9.17) is 4.84 Å². The smallest absolute Gasteiger partial charge is 0.267 e. The zero-order chi connectivity index (χ0) is 13.2. The van der Waals surface area contributed by atoms with Crippen molar-refractivity contribution < 1.29 is 9.63 Å². The number of nitrogens with zero attached hydrogens (tertiary/aromatic N) is 1. The van der Waals surface area contributed by atoms with E-state index in [1.54, 1.807) is 6.92 Å². The molecule has 1 heterocycles. The Balaban J connectivity index is 2.08. The fraction of sp³-hybridized carbons (Fsp3) is 0.429. The summed E-state index contributed by atoms with van der Waals surface area (Å²) in [6.07, 6.45) is 0.496. The lowest BCUT2D eigenvalue weighted by Gasteiger charge is -2.21. The fourth-order valence-electron chi connectivity index (χ4n) is 1.86. The van der Waals surface area contributed by atoms with Crippen molar-refractivity contribution in [2.24, 2.45) is 5.16 Å². The summed E-state index contributed by atoms with van der Waals surface area (Å²) in [6, 6.07) is 9.87. The maximum absolute atomic E-state index is 12.0. The third-order valence-electron chi connectivity index (χ3n) is 2.87. The lowest BCUT2D eigenvalue weighted by Crippen LogP contribution is -2.47. The molecule has 4 heteroatoms. The Labute approximate surface area is 107 Å². The van der Waals surface area contributed by atoms with Crippen LogP contribution in [0.3, 0.4) is 0 Å². The van der Waals surface area contributed by atoms with E-state index in [9.17, 15) is 4.79 Å². The van der Waals surface area contributed by atoms with Crippen molar-refractivity contribution in [1.82, 2.24) is 5.32 Å². The number of nitrogens with one attached hydrogen (secondary N) is 1. The number of oxime groups is 1. The Morgan fingerprint density at radius 2 is 2.06 bits per heavy atom. The molecule has 96 valence electrons. The third kappa shape index (κ3) is 2.53. The first-order valence-corrected chi connectivity index (χ1v) is 6.13. The highest BCUT2D eigenvalue weighted by Gasteiger charge is 2.42. The van der Waals surface area contributed by atoms with Crippen molar-refractivity contribution in [3.05, 3.63) is 35.9 Å². The minimum absolute atomic E-state index is 0.0960. The molecule has 0 bridgehead atoms. The van der Waals surface area contributed by atoms with E-state index in [1.165, 1.54) is 0 Å². The van der Waals surface area contributed by atoms with Crippen LogP contribution in [-0.2, 0) is 9.63 Å². The molecule has 1 aliphatic rings. The molecule has 1 aliphatic heterocycles. The van der Waals surface area contributed by atoms with E-state index in [-0.39, 0.29) is 11.9 Å². The normalized spacial score (nSPS) is 22.6. The number of hydrogen-bond acceptors (Lipinski definition) is 3. The van der Waals surface area contributed by atoms with Crippen molar-refractivity contribution in [1.29, 1.82) is 0 Å². The molecule has 0 saturated carbocycles. The van der Waals surface area contributed by atoms with Gasteiger partial charge in [-0.1, -0.05) is 35.5 Å². The Kier molecular flexibility index (Phi) is 3.36. The quantitative estimate of drug-likeness (QED) is 0.887. The van der Waals surface area contributed by atoms with Gasteiger partial charge in [0.25, 0.3) is 5.91 Å². The molecule has 1 unspecified atom stereocenters. The average Bonchev–Trinajstić information content (AvgIpc) is 2.74. The second-order valence-electron chi connectivity index (χ2n) is 5.03. The maximum Gasteiger partial charge on any atom is 0.267 e. The van der Waals surface area contributed by atoms with E-state index in [0.717, 1.165) is 11.3 Å². The predicted octanol–water partition coefficient (Wildman–Crippen LogP) is 2.09. The van der Waals surface area contributed by atoms with Gasteiger partial charge in [0.05, 0.1) is 5.71 Å². The molecule has 4 nitrogen and oxygen atoms in total. The average molecular weight is 246 g/mol. The van der Waals surface area contributed by atoms with E-state index < -0.39 is 5.60 Å². The molecule has 1 aromatic carbocycles. The summed E-state index contributed by atoms with van der Waals surface area (Å²) in [5, 5.41) is 6.90. The second kappa shape index (κ2) is 4.80. The van der Waals surface area contributed by atoms with Gasteiger partial charge in [-0.2, -0.15) is 0 Å². The monoisotopic (exact) mass is 246 g/mol. The van der Waals surface area contributed by atoms with Crippen molar-refractivity contribution in [2.75, 3.05) is 0 Å². The number of carbonyl (C=O) groups is 1. The summed E-state index contributed by atoms with van der Waals surface area (Å²) in [5.74, 6) is -0.118. The van der Waals surface area contributed by atoms with Gasteiger partial charge in [-0.25, -0.2) is 0 Å². The molecule has 0 radical (unpaired) electrons. The van der Waals surface area contributed by atoms with Gasteiger partial charge in [0, 0.05) is 12.5 Å². The molecule has 0 saturated heterocycles. The minimum Gasteiger partial charge on any atom is -0.379 e. The highest BCUT2D eigenvalue weighted by molar-refractivity contribution is 6.05. The first-order chi connectivity index (χ1) is 8.51. The highest BCUT2D eigenvalue weighted by atomic mass is 16.7. The number of amides is 1. The summed E-state index contributed by atoms with van der Waals surface area (Å²) in [5.41, 5.74) is 0.922. The lowest BCUT2D eigenvalue weighted by atomic mass is 9.95. The molecule has 1 atom stereocenters. The molecule has 1 amide bonds. The van der Waals surface area contributed by atoms with E-state index in [0.29, 0.717) is 6.42 Å². The molecule has 0 spiro atoms. The topological polar surface area (TPSA) is 50.7 Å². The minimum atomic E-state index is -0.893. The molecular weight excluding hydrogens is 228 g/mol. The molecule has 2 rings (SSSR count). The van der Waals surface area contributed by atoms with E-state index in [1.807, 2.05) is 44.2 Å². The number of benzene rings is 1. The van der Waals surface area contributed by atoms with Crippen LogP contribution in [0.15, 0.2) is 35.5 Å². The first kappa shape index (κ1) is 12.6. The molecular formula is C14H18N2O2. The Hall–Kier alpha value is -1.84. The zero-order valence-electron chi connectivity index (χ0n) is 10.9. The maximum atomic E-state index is 12.0. The van der Waals surface area contributed by atoms with E-state index in [2.05, 4.69) is 10.5 Å². The molecule has 1 aromatic rings. The van der Waals surface area contributed by atoms with Crippen molar-refractivity contribution in [3.63, 3.8) is 0 Å². The largest absolute Gasteiger partial charge is 0.379 e. The lowest BCUT2D eigenvalue weighted by molar-refractivity contribution is -0.142. The van der Waals surface area contributed by atoms with Crippen LogP contribution in [0.4, 0.5) is 0 Å². The zero-order valence-corrected chi connectivity index (χ0v) is 10.9. The van der Waals surface area contributed by atoms with Crippen molar-refractivity contribution >= 4 is 11.6 Å². The summed E-state index contributed by atoms with van der Waals surface area (Å²) < 4.78 is 0. The molecule has 0 aromatic heterocycles. The summed E-state index contributed by atoms with van der Waals surface area (Å²) in [6.45, 7) is 5.62. The van der Waals surface area contributed by atoms with Gasteiger partial charge in [0.15, 0.2) is 0 Å². The number of rotatable bonds is 3. The van der Waals surface area contributed by atoms with Gasteiger partial charge in [-0.05, 0) is 26.3 Å². The molecule has 18 heavy (non-hydrogen) atoms. The van der Waals surface area contributed by atoms with Crippen LogP contribution in [-0.4, -0.2) is 23.3 Å². The van der Waals surface area contributed by atoms with Crippen LogP contribution in [0.5, 0.6) is 0 Å². The number of carbonyl (C=O) groups excluding carboxylic acids is 1. The van der Waals surface area contributed by atoms with Gasteiger partial charge < -0.3 is 10.2 Å². The highest BCUT2D eigenvalue weighted by Crippen LogP contribution is 2.26.